The average molecular weight is 283 g/mol. The second-order valence-corrected chi connectivity index (χ2v) is 5.52. The van der Waals surface area contributed by atoms with Crippen LogP contribution in [0.15, 0.2) is 84.9 Å². The molecule has 0 amide bonds. The zero-order valence-electron chi connectivity index (χ0n) is 12.3. The quantitative estimate of drug-likeness (QED) is 0.482. The van der Waals surface area contributed by atoms with Crippen molar-refractivity contribution in [1.82, 2.24) is 0 Å². The molecular formula is C21H17N. The van der Waals surface area contributed by atoms with E-state index in [9.17, 15) is 0 Å². The Morgan fingerprint density at radius 3 is 1.77 bits per heavy atom. The van der Waals surface area contributed by atoms with Crippen molar-refractivity contribution in [3.8, 4) is 0 Å². The number of nitrogens with one attached hydrogen (secondary N) is 1. The van der Waals surface area contributed by atoms with E-state index < -0.39 is 0 Å². The minimum absolute atomic E-state index is 0.825. The first kappa shape index (κ1) is 12.9. The first-order valence-corrected chi connectivity index (χ1v) is 7.60. The summed E-state index contributed by atoms with van der Waals surface area (Å²) in [4.78, 5) is 0. The molecular weight excluding hydrogens is 266 g/mol. The Morgan fingerprint density at radius 2 is 1.14 bits per heavy atom. The van der Waals surface area contributed by atoms with Gasteiger partial charge in [-0.3, -0.25) is 0 Å². The maximum atomic E-state index is 3.55. The molecule has 0 aromatic heterocycles. The second kappa shape index (κ2) is 5.53. The summed E-state index contributed by atoms with van der Waals surface area (Å²) in [5, 5.41) is 8.79. The van der Waals surface area contributed by atoms with Crippen LogP contribution in [0.3, 0.4) is 0 Å². The van der Waals surface area contributed by atoms with Gasteiger partial charge in [-0.25, -0.2) is 0 Å². The number of rotatable bonds is 3. The monoisotopic (exact) mass is 283 g/mol. The van der Waals surface area contributed by atoms with Crippen molar-refractivity contribution in [2.45, 2.75) is 6.54 Å². The van der Waals surface area contributed by atoms with E-state index >= 15 is 0 Å². The molecule has 1 heteroatoms. The molecule has 0 aliphatic carbocycles. The summed E-state index contributed by atoms with van der Waals surface area (Å²) in [5.74, 6) is 0. The van der Waals surface area contributed by atoms with E-state index in [2.05, 4.69) is 84.2 Å². The lowest BCUT2D eigenvalue weighted by molar-refractivity contribution is 1.18. The zero-order chi connectivity index (χ0) is 14.8. The molecule has 0 unspecified atom stereocenters. The smallest absolute Gasteiger partial charge is 0.0413 e. The van der Waals surface area contributed by atoms with Crippen molar-refractivity contribution >= 4 is 27.2 Å². The van der Waals surface area contributed by atoms with Crippen molar-refractivity contribution in [1.29, 1.82) is 0 Å². The Morgan fingerprint density at radius 1 is 0.591 bits per heavy atom. The van der Waals surface area contributed by atoms with Crippen LogP contribution < -0.4 is 5.32 Å². The summed E-state index contributed by atoms with van der Waals surface area (Å²) in [6.45, 7) is 0.825. The minimum atomic E-state index is 0.825. The van der Waals surface area contributed by atoms with Crippen LogP contribution in [0.4, 0.5) is 5.69 Å². The summed E-state index contributed by atoms with van der Waals surface area (Å²) in [6.07, 6.45) is 0. The Kier molecular flexibility index (Phi) is 3.24. The predicted octanol–water partition coefficient (Wildman–Crippen LogP) is 5.61. The molecule has 0 spiro atoms. The van der Waals surface area contributed by atoms with Gasteiger partial charge in [-0.2, -0.15) is 0 Å². The van der Waals surface area contributed by atoms with Gasteiger partial charge in [0.25, 0.3) is 0 Å². The first-order chi connectivity index (χ1) is 10.9. The van der Waals surface area contributed by atoms with Gasteiger partial charge in [-0.1, -0.05) is 66.7 Å². The van der Waals surface area contributed by atoms with Crippen LogP contribution in [0, 0.1) is 0 Å². The maximum absolute atomic E-state index is 3.55. The topological polar surface area (TPSA) is 12.0 Å². The summed E-state index contributed by atoms with van der Waals surface area (Å²) in [5.41, 5.74) is 2.51. The summed E-state index contributed by atoms with van der Waals surface area (Å²) < 4.78 is 0. The molecule has 0 radical (unpaired) electrons. The van der Waals surface area contributed by atoms with E-state index in [-0.39, 0.29) is 0 Å². The van der Waals surface area contributed by atoms with E-state index in [1.807, 2.05) is 6.07 Å². The van der Waals surface area contributed by atoms with E-state index in [0.29, 0.717) is 0 Å². The summed E-state index contributed by atoms with van der Waals surface area (Å²) >= 11 is 0. The SMILES string of the molecule is c1ccc(NCc2c3ccccc3cc3ccccc23)cc1. The van der Waals surface area contributed by atoms with E-state index in [1.54, 1.807) is 0 Å². The van der Waals surface area contributed by atoms with Gasteiger partial charge in [0.2, 0.25) is 0 Å². The van der Waals surface area contributed by atoms with Crippen LogP contribution in [-0.4, -0.2) is 0 Å². The van der Waals surface area contributed by atoms with Crippen LogP contribution >= 0.6 is 0 Å². The van der Waals surface area contributed by atoms with Crippen LogP contribution in [0.25, 0.3) is 21.5 Å². The molecule has 22 heavy (non-hydrogen) atoms. The Hall–Kier alpha value is -2.80. The van der Waals surface area contributed by atoms with Crippen molar-refractivity contribution in [3.63, 3.8) is 0 Å². The number of hydrogen-bond acceptors (Lipinski definition) is 1. The standard InChI is InChI=1S/C21H17N/c1-2-10-18(11-3-1)22-15-21-19-12-6-4-8-16(19)14-17-9-5-7-13-20(17)21/h1-14,22H,15H2. The minimum Gasteiger partial charge on any atom is -0.381 e. The molecule has 0 aliphatic heterocycles. The molecule has 4 rings (SSSR count). The Bertz CT molecular complexity index is 872. The normalized spacial score (nSPS) is 10.9. The highest BCUT2D eigenvalue weighted by Crippen LogP contribution is 2.29. The van der Waals surface area contributed by atoms with E-state index in [1.165, 1.54) is 27.1 Å². The number of para-hydroxylation sites is 1. The molecule has 1 nitrogen and oxygen atoms in total. The number of anilines is 1. The molecule has 0 saturated heterocycles. The molecule has 0 bridgehead atoms. The van der Waals surface area contributed by atoms with E-state index in [0.717, 1.165) is 12.2 Å². The maximum Gasteiger partial charge on any atom is 0.0413 e. The molecule has 0 saturated carbocycles. The van der Waals surface area contributed by atoms with Gasteiger partial charge in [-0.15, -0.1) is 0 Å². The van der Waals surface area contributed by atoms with Crippen molar-refractivity contribution in [2.24, 2.45) is 0 Å². The highest BCUT2D eigenvalue weighted by molar-refractivity contribution is 6.02. The molecule has 0 fully saturated rings. The van der Waals surface area contributed by atoms with Gasteiger partial charge >= 0.3 is 0 Å². The average Bonchev–Trinajstić information content (AvgIpc) is 2.59. The van der Waals surface area contributed by atoms with Gasteiger partial charge in [0.05, 0.1) is 0 Å². The molecule has 106 valence electrons. The van der Waals surface area contributed by atoms with E-state index in [4.69, 9.17) is 0 Å². The van der Waals surface area contributed by atoms with Crippen LogP contribution in [0.2, 0.25) is 0 Å². The third-order valence-electron chi connectivity index (χ3n) is 4.13. The van der Waals surface area contributed by atoms with Gasteiger partial charge in [0, 0.05) is 12.2 Å². The van der Waals surface area contributed by atoms with Gasteiger partial charge in [0.1, 0.15) is 0 Å². The fourth-order valence-electron chi connectivity index (χ4n) is 3.04. The van der Waals surface area contributed by atoms with Gasteiger partial charge in [0.15, 0.2) is 0 Å². The summed E-state index contributed by atoms with van der Waals surface area (Å²) in [7, 11) is 0. The molecule has 0 atom stereocenters. The largest absolute Gasteiger partial charge is 0.381 e. The molecule has 4 aromatic rings. The van der Waals surface area contributed by atoms with Gasteiger partial charge in [-0.05, 0) is 45.3 Å². The fraction of sp³-hybridized carbons (Fsp3) is 0.0476. The lowest BCUT2D eigenvalue weighted by Gasteiger charge is -2.13. The van der Waals surface area contributed by atoms with Crippen LogP contribution in [0.5, 0.6) is 0 Å². The molecule has 0 aliphatic rings. The van der Waals surface area contributed by atoms with Crippen molar-refractivity contribution in [3.05, 3.63) is 90.5 Å². The zero-order valence-corrected chi connectivity index (χ0v) is 12.3. The number of benzene rings is 4. The third kappa shape index (κ3) is 2.31. The lowest BCUT2D eigenvalue weighted by Crippen LogP contribution is -2.01. The fourth-order valence-corrected chi connectivity index (χ4v) is 3.04. The van der Waals surface area contributed by atoms with Crippen molar-refractivity contribution in [2.75, 3.05) is 5.32 Å². The second-order valence-electron chi connectivity index (χ2n) is 5.52. The lowest BCUT2D eigenvalue weighted by atomic mass is 9.97. The number of fused-ring (bicyclic) bond motifs is 2. The van der Waals surface area contributed by atoms with Crippen LogP contribution in [0.1, 0.15) is 5.56 Å². The molecule has 0 heterocycles. The molecule has 1 N–H and O–H groups in total. The van der Waals surface area contributed by atoms with Crippen molar-refractivity contribution < 1.29 is 0 Å². The predicted molar refractivity (Wildman–Crippen MR) is 95.2 cm³/mol. The van der Waals surface area contributed by atoms with Gasteiger partial charge < -0.3 is 5.32 Å². The highest BCUT2D eigenvalue weighted by atomic mass is 14.9. The molecule has 4 aromatic carbocycles. The highest BCUT2D eigenvalue weighted by Gasteiger charge is 2.06. The summed E-state index contributed by atoms with van der Waals surface area (Å²) in [6, 6.07) is 29.9. The first-order valence-electron chi connectivity index (χ1n) is 7.60. The number of hydrogen-bond donors (Lipinski definition) is 1. The third-order valence-corrected chi connectivity index (χ3v) is 4.13. The van der Waals surface area contributed by atoms with Crippen LogP contribution in [-0.2, 0) is 6.54 Å². The Labute approximate surface area is 130 Å². The Balaban J connectivity index is 1.85.